The summed E-state index contributed by atoms with van der Waals surface area (Å²) in [5, 5.41) is 0. The third-order valence-corrected chi connectivity index (χ3v) is 11.2. The minimum atomic E-state index is -0.807. The second-order valence-electron chi connectivity index (χ2n) is 17.7. The smallest absolute Gasteiger partial charge is 0.306 e. The number of hydrogen-bond acceptors (Lipinski definition) is 6. The normalized spacial score (nSPS) is 12.9. The van der Waals surface area contributed by atoms with Crippen LogP contribution in [-0.2, 0) is 28.6 Å². The summed E-state index contributed by atoms with van der Waals surface area (Å²) in [5.74, 6) is -0.969. The van der Waals surface area contributed by atoms with Crippen molar-refractivity contribution >= 4 is 17.9 Å². The molecule has 0 saturated carbocycles. The van der Waals surface area contributed by atoms with Crippen LogP contribution in [-0.4, -0.2) is 37.2 Å². The van der Waals surface area contributed by atoms with Gasteiger partial charge in [0.25, 0.3) is 0 Å². The SMILES string of the molecule is CC/C=C\C/C=C\C/C=C\C/C=C\C/C=C\CCCCCC(=O)OCC(COC(=O)CCCCCC/C=C\C/C=C\C/C=C\CC)OC(=O)CCCCCCC/C=C\CCCCCCCCC. The third-order valence-electron chi connectivity index (χ3n) is 11.2. The molecule has 0 aromatic heterocycles. The molecule has 6 nitrogen and oxygen atoms in total. The van der Waals surface area contributed by atoms with E-state index in [1.807, 2.05) is 0 Å². The molecule has 0 rings (SSSR count). The summed E-state index contributed by atoms with van der Waals surface area (Å²) >= 11 is 0. The number of hydrogen-bond donors (Lipinski definition) is 0. The predicted molar refractivity (Wildman–Crippen MR) is 288 cm³/mol. The van der Waals surface area contributed by atoms with Crippen LogP contribution in [0.3, 0.4) is 0 Å². The van der Waals surface area contributed by atoms with E-state index in [0.29, 0.717) is 19.3 Å². The molecule has 0 aliphatic rings. The van der Waals surface area contributed by atoms with Gasteiger partial charge in [0.15, 0.2) is 6.10 Å². The number of esters is 3. The maximum atomic E-state index is 12.8. The summed E-state index contributed by atoms with van der Waals surface area (Å²) in [4.78, 5) is 38.1. The Morgan fingerprint density at radius 2 is 0.582 bits per heavy atom. The predicted octanol–water partition coefficient (Wildman–Crippen LogP) is 18.3. The molecule has 0 radical (unpaired) electrons. The lowest BCUT2D eigenvalue weighted by molar-refractivity contribution is -0.167. The largest absolute Gasteiger partial charge is 0.462 e. The molecule has 0 saturated heterocycles. The number of rotatable bonds is 48. The molecular formula is C61H100O6. The molecule has 67 heavy (non-hydrogen) atoms. The van der Waals surface area contributed by atoms with E-state index in [1.165, 1.54) is 57.8 Å². The van der Waals surface area contributed by atoms with E-state index in [1.54, 1.807) is 0 Å². The van der Waals surface area contributed by atoms with Gasteiger partial charge in [0.05, 0.1) is 0 Å². The summed E-state index contributed by atoms with van der Waals surface area (Å²) in [5.41, 5.74) is 0. The number of unbranched alkanes of at least 4 members (excludes halogenated alkanes) is 19. The van der Waals surface area contributed by atoms with Crippen molar-refractivity contribution in [2.24, 2.45) is 0 Å². The minimum Gasteiger partial charge on any atom is -0.462 e. The summed E-state index contributed by atoms with van der Waals surface area (Å²) in [6.07, 6.45) is 73.6. The Hall–Kier alpha value is -3.93. The Labute approximate surface area is 412 Å². The zero-order valence-electron chi connectivity index (χ0n) is 43.4. The van der Waals surface area contributed by atoms with E-state index in [-0.39, 0.29) is 31.1 Å². The molecule has 0 amide bonds. The van der Waals surface area contributed by atoms with E-state index in [2.05, 4.69) is 130 Å². The molecule has 0 aromatic rings. The number of carbonyl (C=O) groups excluding carboxylic acids is 3. The summed E-state index contributed by atoms with van der Waals surface area (Å²) < 4.78 is 16.8. The second kappa shape index (κ2) is 54.7. The van der Waals surface area contributed by atoms with Crippen molar-refractivity contribution in [3.63, 3.8) is 0 Å². The molecular weight excluding hydrogens is 829 g/mol. The molecule has 0 aliphatic carbocycles. The van der Waals surface area contributed by atoms with E-state index >= 15 is 0 Å². The highest BCUT2D eigenvalue weighted by molar-refractivity contribution is 5.71. The van der Waals surface area contributed by atoms with Crippen LogP contribution >= 0.6 is 0 Å². The number of carbonyl (C=O) groups is 3. The Balaban J connectivity index is 4.50. The summed E-state index contributed by atoms with van der Waals surface area (Å²) in [6.45, 7) is 6.35. The molecule has 0 aromatic carbocycles. The molecule has 1 atom stereocenters. The standard InChI is InChI=1S/C61H100O6/c1-4-7-10-13-16-19-22-25-28-30-31-32-34-36-39-42-45-48-51-54-60(63)66-57-58(56-65-59(62)53-50-47-44-41-38-35-27-24-21-18-15-12-9-6-3)67-61(64)55-52-49-46-43-40-37-33-29-26-23-20-17-14-11-8-5-2/h7,9-10,12,16,18-19,21,25,27-29,31-33,35-36,39,58H,4-6,8,11,13-15,17,20,22-24,26,30,34,37-38,40-57H2,1-3H3/b10-7-,12-9-,19-16-,21-18-,28-25-,32-31-,33-29-,35-27-,39-36-. The van der Waals surface area contributed by atoms with Gasteiger partial charge in [-0.1, -0.05) is 207 Å². The number of allylic oxidation sites excluding steroid dienone is 18. The summed E-state index contributed by atoms with van der Waals surface area (Å²) in [7, 11) is 0. The van der Waals surface area contributed by atoms with Crippen molar-refractivity contribution in [3.05, 3.63) is 109 Å². The van der Waals surface area contributed by atoms with Gasteiger partial charge in [0, 0.05) is 19.3 Å². The molecule has 0 spiro atoms. The Kier molecular flexibility index (Phi) is 51.5. The second-order valence-corrected chi connectivity index (χ2v) is 17.7. The van der Waals surface area contributed by atoms with E-state index in [4.69, 9.17) is 14.2 Å². The average Bonchev–Trinajstić information content (AvgIpc) is 3.33. The lowest BCUT2D eigenvalue weighted by atomic mass is 10.1. The first-order valence-corrected chi connectivity index (χ1v) is 27.4. The zero-order chi connectivity index (χ0) is 48.6. The maximum Gasteiger partial charge on any atom is 0.306 e. The van der Waals surface area contributed by atoms with E-state index in [9.17, 15) is 14.4 Å². The highest BCUT2D eigenvalue weighted by atomic mass is 16.6. The fourth-order valence-corrected chi connectivity index (χ4v) is 7.18. The lowest BCUT2D eigenvalue weighted by Gasteiger charge is -2.18. The van der Waals surface area contributed by atoms with Crippen molar-refractivity contribution in [2.75, 3.05) is 13.2 Å². The maximum absolute atomic E-state index is 12.8. The molecule has 0 heterocycles. The molecule has 6 heteroatoms. The van der Waals surface area contributed by atoms with Crippen LogP contribution in [0.1, 0.15) is 239 Å². The molecule has 0 bridgehead atoms. The number of ether oxygens (including phenoxy) is 3. The van der Waals surface area contributed by atoms with Crippen LogP contribution in [0.25, 0.3) is 0 Å². The van der Waals surface area contributed by atoms with Gasteiger partial charge < -0.3 is 14.2 Å². The van der Waals surface area contributed by atoms with E-state index < -0.39 is 6.10 Å². The van der Waals surface area contributed by atoms with Gasteiger partial charge in [0.1, 0.15) is 13.2 Å². The van der Waals surface area contributed by atoms with Crippen LogP contribution in [0.5, 0.6) is 0 Å². The van der Waals surface area contributed by atoms with Crippen LogP contribution in [0.4, 0.5) is 0 Å². The van der Waals surface area contributed by atoms with Gasteiger partial charge in [-0.3, -0.25) is 14.4 Å². The third kappa shape index (κ3) is 52.9. The van der Waals surface area contributed by atoms with E-state index in [0.717, 1.165) is 141 Å². The van der Waals surface area contributed by atoms with Gasteiger partial charge in [-0.15, -0.1) is 0 Å². The highest BCUT2D eigenvalue weighted by Crippen LogP contribution is 2.13. The topological polar surface area (TPSA) is 78.9 Å². The Morgan fingerprint density at radius 3 is 0.940 bits per heavy atom. The minimum absolute atomic E-state index is 0.105. The summed E-state index contributed by atoms with van der Waals surface area (Å²) in [6, 6.07) is 0. The van der Waals surface area contributed by atoms with Gasteiger partial charge in [0.2, 0.25) is 0 Å². The molecule has 0 fully saturated rings. The van der Waals surface area contributed by atoms with Crippen molar-refractivity contribution in [1.82, 2.24) is 0 Å². The molecule has 1 unspecified atom stereocenters. The van der Waals surface area contributed by atoms with Gasteiger partial charge in [-0.05, 0) is 122 Å². The van der Waals surface area contributed by atoms with Crippen LogP contribution in [0.2, 0.25) is 0 Å². The lowest BCUT2D eigenvalue weighted by Crippen LogP contribution is -2.30. The van der Waals surface area contributed by atoms with Gasteiger partial charge in [-0.25, -0.2) is 0 Å². The van der Waals surface area contributed by atoms with Crippen molar-refractivity contribution in [3.8, 4) is 0 Å². The molecule has 0 aliphatic heterocycles. The first-order valence-electron chi connectivity index (χ1n) is 27.4. The van der Waals surface area contributed by atoms with Crippen molar-refractivity contribution in [1.29, 1.82) is 0 Å². The Bertz CT molecular complexity index is 1390. The van der Waals surface area contributed by atoms with Gasteiger partial charge in [-0.2, -0.15) is 0 Å². The van der Waals surface area contributed by atoms with Crippen molar-refractivity contribution < 1.29 is 28.6 Å². The Morgan fingerprint density at radius 1 is 0.313 bits per heavy atom. The van der Waals surface area contributed by atoms with Crippen molar-refractivity contribution in [2.45, 2.75) is 245 Å². The van der Waals surface area contributed by atoms with Crippen LogP contribution < -0.4 is 0 Å². The molecule has 380 valence electrons. The fraction of sp³-hybridized carbons (Fsp3) is 0.656. The highest BCUT2D eigenvalue weighted by Gasteiger charge is 2.19. The first-order chi connectivity index (χ1) is 33.0. The van der Waals surface area contributed by atoms with Gasteiger partial charge >= 0.3 is 17.9 Å². The van der Waals surface area contributed by atoms with Crippen LogP contribution in [0.15, 0.2) is 109 Å². The monoisotopic (exact) mass is 929 g/mol. The zero-order valence-corrected chi connectivity index (χ0v) is 43.4. The first kappa shape index (κ1) is 63.1. The fourth-order valence-electron chi connectivity index (χ4n) is 7.18. The average molecular weight is 929 g/mol. The molecule has 0 N–H and O–H groups in total. The quantitative estimate of drug-likeness (QED) is 0.0262. The van der Waals surface area contributed by atoms with Crippen LogP contribution in [0, 0.1) is 0 Å².